The second-order valence-electron chi connectivity index (χ2n) is 5.28. The summed E-state index contributed by atoms with van der Waals surface area (Å²) in [7, 11) is 0. The fourth-order valence-corrected chi connectivity index (χ4v) is 2.78. The topological polar surface area (TPSA) is 60.8 Å². The smallest absolute Gasteiger partial charge is 0.416 e. The van der Waals surface area contributed by atoms with E-state index in [-0.39, 0.29) is 37.1 Å². The van der Waals surface area contributed by atoms with Crippen LogP contribution in [0.1, 0.15) is 29.5 Å². The molecule has 1 amide bonds. The molecule has 1 aromatic carbocycles. The van der Waals surface area contributed by atoms with Crippen LogP contribution in [0, 0.1) is 6.92 Å². The Balaban J connectivity index is 2.33. The first-order valence-corrected chi connectivity index (χ1v) is 6.53. The lowest BCUT2D eigenvalue weighted by atomic mass is 9.81. The average Bonchev–Trinajstić information content (AvgIpc) is 2.37. The Labute approximate surface area is 119 Å². The Morgan fingerprint density at radius 1 is 1.29 bits per heavy atom. The van der Waals surface area contributed by atoms with Crippen LogP contribution in [0.4, 0.5) is 18.0 Å². The van der Waals surface area contributed by atoms with Gasteiger partial charge in [0.2, 0.25) is 0 Å². The minimum absolute atomic E-state index is 0.00345. The first kappa shape index (κ1) is 15.6. The highest BCUT2D eigenvalue weighted by Crippen LogP contribution is 2.39. The van der Waals surface area contributed by atoms with Crippen molar-refractivity contribution in [1.82, 2.24) is 4.90 Å². The monoisotopic (exact) mass is 303 g/mol. The van der Waals surface area contributed by atoms with Gasteiger partial charge in [-0.05, 0) is 37.0 Å². The predicted octanol–water partition coefficient (Wildman–Crippen LogP) is 2.98. The number of amides is 1. The van der Waals surface area contributed by atoms with Crippen molar-refractivity contribution in [1.29, 1.82) is 0 Å². The maximum Gasteiger partial charge on any atom is 0.416 e. The summed E-state index contributed by atoms with van der Waals surface area (Å²) in [5.74, 6) is 0. The summed E-state index contributed by atoms with van der Waals surface area (Å²) in [4.78, 5) is 12.0. The number of hydrogen-bond donors (Lipinski definition) is 2. The highest BCUT2D eigenvalue weighted by atomic mass is 19.4. The van der Waals surface area contributed by atoms with Gasteiger partial charge in [0.15, 0.2) is 0 Å². The molecule has 7 heteroatoms. The van der Waals surface area contributed by atoms with E-state index in [1.807, 2.05) is 0 Å². The van der Waals surface area contributed by atoms with Crippen LogP contribution < -0.4 is 0 Å². The fourth-order valence-electron chi connectivity index (χ4n) is 2.78. The molecule has 2 rings (SSSR count). The van der Waals surface area contributed by atoms with Crippen molar-refractivity contribution in [2.24, 2.45) is 0 Å². The molecular weight excluding hydrogens is 287 g/mol. The Morgan fingerprint density at radius 2 is 1.86 bits per heavy atom. The second kappa shape index (κ2) is 5.22. The number of rotatable bonds is 1. The number of hydrogen-bond acceptors (Lipinski definition) is 2. The Morgan fingerprint density at radius 3 is 2.33 bits per heavy atom. The summed E-state index contributed by atoms with van der Waals surface area (Å²) in [5.41, 5.74) is -1.97. The largest absolute Gasteiger partial charge is 0.465 e. The van der Waals surface area contributed by atoms with Crippen LogP contribution in [0.25, 0.3) is 0 Å². The number of carboxylic acid groups (broad SMARTS) is 1. The van der Waals surface area contributed by atoms with Crippen molar-refractivity contribution in [3.05, 3.63) is 34.9 Å². The van der Waals surface area contributed by atoms with E-state index >= 15 is 0 Å². The van der Waals surface area contributed by atoms with Crippen molar-refractivity contribution in [3.8, 4) is 0 Å². The lowest BCUT2D eigenvalue weighted by Gasteiger charge is -2.38. The van der Waals surface area contributed by atoms with Crippen LogP contribution in [0.2, 0.25) is 0 Å². The fraction of sp³-hybridized carbons (Fsp3) is 0.500. The van der Waals surface area contributed by atoms with Gasteiger partial charge in [0, 0.05) is 13.1 Å². The molecule has 4 nitrogen and oxygen atoms in total. The number of aliphatic hydroxyl groups is 1. The molecule has 0 unspecified atom stereocenters. The molecule has 21 heavy (non-hydrogen) atoms. The molecule has 1 aliphatic heterocycles. The first-order chi connectivity index (χ1) is 9.65. The van der Waals surface area contributed by atoms with Gasteiger partial charge in [-0.1, -0.05) is 12.1 Å². The average molecular weight is 303 g/mol. The number of benzene rings is 1. The zero-order chi connectivity index (χ0) is 15.8. The first-order valence-electron chi connectivity index (χ1n) is 6.53. The molecule has 0 radical (unpaired) electrons. The molecule has 0 spiro atoms. The zero-order valence-corrected chi connectivity index (χ0v) is 11.4. The van der Waals surface area contributed by atoms with Gasteiger partial charge >= 0.3 is 12.3 Å². The molecule has 2 N–H and O–H groups in total. The lowest BCUT2D eigenvalue weighted by molar-refractivity contribution is -0.138. The molecular formula is C14H16F3NO3. The SMILES string of the molecule is Cc1c(C(F)(F)F)cccc1C1(O)CCN(C(=O)O)CC1. The van der Waals surface area contributed by atoms with Crippen molar-refractivity contribution in [2.75, 3.05) is 13.1 Å². The van der Waals surface area contributed by atoms with E-state index < -0.39 is 23.4 Å². The van der Waals surface area contributed by atoms with Gasteiger partial charge in [0.1, 0.15) is 0 Å². The molecule has 1 aromatic rings. The molecule has 1 fully saturated rings. The summed E-state index contributed by atoms with van der Waals surface area (Å²) in [6, 6.07) is 3.72. The predicted molar refractivity (Wildman–Crippen MR) is 68.9 cm³/mol. The standard InChI is InChI=1S/C14H16F3NO3/c1-9-10(3-2-4-11(9)14(15,16)17)13(21)5-7-18(8-6-13)12(19)20/h2-4,21H,5-8H2,1H3,(H,19,20). The van der Waals surface area contributed by atoms with Gasteiger partial charge < -0.3 is 15.1 Å². The second-order valence-corrected chi connectivity index (χ2v) is 5.28. The molecule has 0 bridgehead atoms. The summed E-state index contributed by atoms with van der Waals surface area (Å²) < 4.78 is 38.8. The van der Waals surface area contributed by atoms with Crippen LogP contribution in [0.5, 0.6) is 0 Å². The van der Waals surface area contributed by atoms with E-state index in [4.69, 9.17) is 5.11 Å². The molecule has 1 heterocycles. The van der Waals surface area contributed by atoms with Gasteiger partial charge in [0.25, 0.3) is 0 Å². The minimum Gasteiger partial charge on any atom is -0.465 e. The molecule has 0 aromatic heterocycles. The zero-order valence-electron chi connectivity index (χ0n) is 11.4. The minimum atomic E-state index is -4.47. The molecule has 0 saturated carbocycles. The van der Waals surface area contributed by atoms with Crippen LogP contribution in [-0.4, -0.2) is 34.3 Å². The maximum absolute atomic E-state index is 12.9. The third kappa shape index (κ3) is 2.97. The number of carbonyl (C=O) groups is 1. The van der Waals surface area contributed by atoms with Gasteiger partial charge in [0.05, 0.1) is 11.2 Å². The normalized spacial score (nSPS) is 18.6. The number of piperidine rings is 1. The lowest BCUT2D eigenvalue weighted by Crippen LogP contribution is -2.45. The molecule has 1 saturated heterocycles. The van der Waals surface area contributed by atoms with Crippen molar-refractivity contribution in [3.63, 3.8) is 0 Å². The Kier molecular flexibility index (Phi) is 3.88. The summed E-state index contributed by atoms with van der Waals surface area (Å²) in [6.07, 6.45) is -5.39. The van der Waals surface area contributed by atoms with E-state index in [0.717, 1.165) is 11.0 Å². The van der Waals surface area contributed by atoms with Gasteiger partial charge in [-0.15, -0.1) is 0 Å². The van der Waals surface area contributed by atoms with E-state index in [9.17, 15) is 23.1 Å². The third-order valence-corrected chi connectivity index (χ3v) is 4.00. The quantitative estimate of drug-likeness (QED) is 0.838. The van der Waals surface area contributed by atoms with Crippen LogP contribution >= 0.6 is 0 Å². The maximum atomic E-state index is 12.9. The number of alkyl halides is 3. The van der Waals surface area contributed by atoms with Gasteiger partial charge in [-0.25, -0.2) is 4.79 Å². The summed E-state index contributed by atoms with van der Waals surface area (Å²) >= 11 is 0. The van der Waals surface area contributed by atoms with Crippen molar-refractivity contribution < 1.29 is 28.2 Å². The highest BCUT2D eigenvalue weighted by Gasteiger charge is 2.39. The van der Waals surface area contributed by atoms with E-state index in [1.54, 1.807) is 0 Å². The molecule has 0 atom stereocenters. The van der Waals surface area contributed by atoms with Gasteiger partial charge in [-0.2, -0.15) is 13.2 Å². The molecule has 0 aliphatic carbocycles. The van der Waals surface area contributed by atoms with Crippen LogP contribution in [0.15, 0.2) is 18.2 Å². The van der Waals surface area contributed by atoms with E-state index in [0.29, 0.717) is 0 Å². The number of halogens is 3. The Hall–Kier alpha value is -1.76. The van der Waals surface area contributed by atoms with Crippen LogP contribution in [0.3, 0.4) is 0 Å². The van der Waals surface area contributed by atoms with Crippen molar-refractivity contribution >= 4 is 6.09 Å². The van der Waals surface area contributed by atoms with Crippen LogP contribution in [-0.2, 0) is 11.8 Å². The highest BCUT2D eigenvalue weighted by molar-refractivity contribution is 5.65. The van der Waals surface area contributed by atoms with Crippen molar-refractivity contribution in [2.45, 2.75) is 31.5 Å². The third-order valence-electron chi connectivity index (χ3n) is 4.00. The summed E-state index contributed by atoms with van der Waals surface area (Å²) in [5, 5.41) is 19.5. The summed E-state index contributed by atoms with van der Waals surface area (Å²) in [6.45, 7) is 1.53. The van der Waals surface area contributed by atoms with Gasteiger partial charge in [-0.3, -0.25) is 0 Å². The molecule has 116 valence electrons. The number of nitrogens with zero attached hydrogens (tertiary/aromatic N) is 1. The van der Waals surface area contributed by atoms with E-state index in [2.05, 4.69) is 0 Å². The molecule has 1 aliphatic rings. The Bertz CT molecular complexity index is 549. The number of likely N-dealkylation sites (tertiary alicyclic amines) is 1. The van der Waals surface area contributed by atoms with E-state index in [1.165, 1.54) is 19.1 Å².